The van der Waals surface area contributed by atoms with Crippen molar-refractivity contribution in [3.8, 4) is 5.75 Å². The summed E-state index contributed by atoms with van der Waals surface area (Å²) >= 11 is 0. The van der Waals surface area contributed by atoms with Gasteiger partial charge in [-0.25, -0.2) is 8.42 Å². The molecule has 1 N–H and O–H groups in total. The van der Waals surface area contributed by atoms with Gasteiger partial charge in [0.05, 0.1) is 18.0 Å². The van der Waals surface area contributed by atoms with E-state index in [0.717, 1.165) is 5.56 Å². The molecule has 0 radical (unpaired) electrons. The summed E-state index contributed by atoms with van der Waals surface area (Å²) in [6, 6.07) is 13.9. The third-order valence-electron chi connectivity index (χ3n) is 5.17. The molecule has 2 aromatic carbocycles. The fourth-order valence-electron chi connectivity index (χ4n) is 2.94. The number of nitrogens with one attached hydrogen (secondary N) is 1. The molecule has 0 bridgehead atoms. The van der Waals surface area contributed by atoms with Crippen LogP contribution in [0, 0.1) is 5.92 Å². The smallest absolute Gasteiger partial charge is 0.324 e. The standard InChI is InChI=1S/C23H30N2O6S/c1-16(2)22(24-32(28,29)20-13-11-19(30-5)12-14-20)23(27)31-15-21(26)25(4)17(3)18-9-7-6-8-10-18/h6-14,16-17,22,24H,15H2,1-5H3/t17?,22-/m0/s1. The van der Waals surface area contributed by atoms with Gasteiger partial charge in [0.2, 0.25) is 10.0 Å². The molecule has 0 spiro atoms. The van der Waals surface area contributed by atoms with E-state index in [1.54, 1.807) is 20.9 Å². The van der Waals surface area contributed by atoms with E-state index >= 15 is 0 Å². The Morgan fingerprint density at radius 3 is 2.12 bits per heavy atom. The number of carbonyl (C=O) groups excluding carboxylic acids is 2. The zero-order chi connectivity index (χ0) is 23.9. The molecule has 174 valence electrons. The summed E-state index contributed by atoms with van der Waals surface area (Å²) in [6.45, 7) is 4.76. The maximum atomic E-state index is 12.7. The molecule has 0 heterocycles. The molecular formula is C23H30N2O6S. The van der Waals surface area contributed by atoms with Crippen molar-refractivity contribution in [1.82, 2.24) is 9.62 Å². The first-order chi connectivity index (χ1) is 15.1. The lowest BCUT2D eigenvalue weighted by Crippen LogP contribution is -2.46. The van der Waals surface area contributed by atoms with Gasteiger partial charge in [-0.2, -0.15) is 4.72 Å². The van der Waals surface area contributed by atoms with Crippen molar-refractivity contribution in [3.05, 3.63) is 60.2 Å². The second kappa shape index (κ2) is 11.1. The Labute approximate surface area is 189 Å². The summed E-state index contributed by atoms with van der Waals surface area (Å²) < 4.78 is 38.0. The summed E-state index contributed by atoms with van der Waals surface area (Å²) in [6.07, 6.45) is 0. The third-order valence-corrected chi connectivity index (χ3v) is 6.62. The number of carbonyl (C=O) groups is 2. The minimum Gasteiger partial charge on any atom is -0.497 e. The number of benzene rings is 2. The van der Waals surface area contributed by atoms with E-state index in [4.69, 9.17) is 9.47 Å². The van der Waals surface area contributed by atoms with Crippen LogP contribution in [0.5, 0.6) is 5.75 Å². The lowest BCUT2D eigenvalue weighted by Gasteiger charge is -2.26. The Morgan fingerprint density at radius 1 is 1.00 bits per heavy atom. The SMILES string of the molecule is COc1ccc(S(=O)(=O)N[C@H](C(=O)OCC(=O)N(C)C(C)c2ccccc2)C(C)C)cc1. The number of rotatable bonds is 10. The molecule has 0 aromatic heterocycles. The van der Waals surface area contributed by atoms with Crippen molar-refractivity contribution in [2.75, 3.05) is 20.8 Å². The molecule has 0 aliphatic carbocycles. The van der Waals surface area contributed by atoms with Crippen LogP contribution in [0.15, 0.2) is 59.5 Å². The molecule has 1 amide bonds. The van der Waals surface area contributed by atoms with Gasteiger partial charge in [0.25, 0.3) is 5.91 Å². The normalized spacial score (nSPS) is 13.3. The van der Waals surface area contributed by atoms with Gasteiger partial charge in [0, 0.05) is 7.05 Å². The van der Waals surface area contributed by atoms with Gasteiger partial charge in [-0.1, -0.05) is 44.2 Å². The second-order valence-electron chi connectivity index (χ2n) is 7.72. The Kier molecular flexibility index (Phi) is 8.80. The van der Waals surface area contributed by atoms with Crippen molar-refractivity contribution in [1.29, 1.82) is 0 Å². The lowest BCUT2D eigenvalue weighted by atomic mass is 10.1. The summed E-state index contributed by atoms with van der Waals surface area (Å²) in [7, 11) is -0.877. The van der Waals surface area contributed by atoms with Crippen LogP contribution in [0.2, 0.25) is 0 Å². The van der Waals surface area contributed by atoms with Crippen molar-refractivity contribution < 1.29 is 27.5 Å². The quantitative estimate of drug-likeness (QED) is 0.545. The number of nitrogens with zero attached hydrogens (tertiary/aromatic N) is 1. The summed E-state index contributed by atoms with van der Waals surface area (Å²) in [4.78, 5) is 26.6. The van der Waals surface area contributed by atoms with Gasteiger partial charge < -0.3 is 14.4 Å². The Balaban J connectivity index is 2.02. The van der Waals surface area contributed by atoms with Crippen molar-refractivity contribution in [2.45, 2.75) is 37.8 Å². The molecule has 2 atom stereocenters. The molecule has 0 fully saturated rings. The number of esters is 1. The predicted molar refractivity (Wildman–Crippen MR) is 121 cm³/mol. The molecule has 0 aliphatic heterocycles. The number of hydrogen-bond acceptors (Lipinski definition) is 6. The number of methoxy groups -OCH3 is 1. The third kappa shape index (κ3) is 6.54. The van der Waals surface area contributed by atoms with Crippen molar-refractivity contribution >= 4 is 21.9 Å². The minimum absolute atomic E-state index is 0.00996. The summed E-state index contributed by atoms with van der Waals surface area (Å²) in [5, 5.41) is 0. The molecule has 1 unspecified atom stereocenters. The Hall–Kier alpha value is -2.91. The fraction of sp³-hybridized carbons (Fsp3) is 0.391. The number of sulfonamides is 1. The molecule has 2 rings (SSSR count). The first-order valence-electron chi connectivity index (χ1n) is 10.2. The second-order valence-corrected chi connectivity index (χ2v) is 9.43. The lowest BCUT2D eigenvalue weighted by molar-refractivity contribution is -0.154. The fourth-order valence-corrected chi connectivity index (χ4v) is 4.28. The molecule has 9 heteroatoms. The van der Waals surface area contributed by atoms with Crippen molar-refractivity contribution in [2.24, 2.45) is 5.92 Å². The maximum Gasteiger partial charge on any atom is 0.324 e. The van der Waals surface area contributed by atoms with E-state index in [1.165, 1.54) is 36.3 Å². The highest BCUT2D eigenvalue weighted by Crippen LogP contribution is 2.19. The van der Waals surface area contributed by atoms with Crippen LogP contribution in [0.3, 0.4) is 0 Å². The zero-order valence-electron chi connectivity index (χ0n) is 18.9. The highest BCUT2D eigenvalue weighted by Gasteiger charge is 2.30. The zero-order valence-corrected chi connectivity index (χ0v) is 19.8. The van der Waals surface area contributed by atoms with Crippen LogP contribution in [-0.4, -0.2) is 52.0 Å². The Bertz CT molecular complexity index is 1010. The number of amides is 1. The van der Waals surface area contributed by atoms with Gasteiger partial charge in [-0.15, -0.1) is 0 Å². The molecule has 8 nitrogen and oxygen atoms in total. The van der Waals surface area contributed by atoms with Crippen LogP contribution in [0.25, 0.3) is 0 Å². The van der Waals surface area contributed by atoms with Crippen LogP contribution in [0.1, 0.15) is 32.4 Å². The molecule has 0 saturated carbocycles. The summed E-state index contributed by atoms with van der Waals surface area (Å²) in [5.41, 5.74) is 0.946. The first-order valence-corrected chi connectivity index (χ1v) is 11.7. The number of hydrogen-bond donors (Lipinski definition) is 1. The molecule has 0 saturated heterocycles. The topological polar surface area (TPSA) is 102 Å². The molecule has 2 aromatic rings. The van der Waals surface area contributed by atoms with Crippen LogP contribution < -0.4 is 9.46 Å². The monoisotopic (exact) mass is 462 g/mol. The van der Waals surface area contributed by atoms with Gasteiger partial charge in [-0.3, -0.25) is 9.59 Å². The highest BCUT2D eigenvalue weighted by molar-refractivity contribution is 7.89. The number of ether oxygens (including phenoxy) is 2. The first kappa shape index (κ1) is 25.4. The van der Waals surface area contributed by atoms with E-state index in [2.05, 4.69) is 4.72 Å². The molecule has 32 heavy (non-hydrogen) atoms. The average Bonchev–Trinajstić information content (AvgIpc) is 2.80. The van der Waals surface area contributed by atoms with E-state index in [1.807, 2.05) is 37.3 Å². The highest BCUT2D eigenvalue weighted by atomic mass is 32.2. The van der Waals surface area contributed by atoms with Crippen LogP contribution in [0.4, 0.5) is 0 Å². The maximum absolute atomic E-state index is 12.7. The number of likely N-dealkylation sites (N-methyl/N-ethyl adjacent to an activating group) is 1. The van der Waals surface area contributed by atoms with Gasteiger partial charge in [0.15, 0.2) is 6.61 Å². The average molecular weight is 463 g/mol. The minimum atomic E-state index is -3.98. The van der Waals surface area contributed by atoms with E-state index in [0.29, 0.717) is 5.75 Å². The predicted octanol–water partition coefficient (Wildman–Crippen LogP) is 2.76. The molecule has 0 aliphatic rings. The van der Waals surface area contributed by atoms with E-state index in [-0.39, 0.29) is 10.9 Å². The van der Waals surface area contributed by atoms with Crippen molar-refractivity contribution in [3.63, 3.8) is 0 Å². The largest absolute Gasteiger partial charge is 0.497 e. The van der Waals surface area contributed by atoms with Gasteiger partial charge in [0.1, 0.15) is 11.8 Å². The van der Waals surface area contributed by atoms with E-state index < -0.39 is 40.5 Å². The molecular weight excluding hydrogens is 432 g/mol. The van der Waals surface area contributed by atoms with Crippen LogP contribution in [-0.2, 0) is 24.3 Å². The van der Waals surface area contributed by atoms with Crippen LogP contribution >= 0.6 is 0 Å². The van der Waals surface area contributed by atoms with Gasteiger partial charge >= 0.3 is 5.97 Å². The summed E-state index contributed by atoms with van der Waals surface area (Å²) in [5.74, 6) is -1.09. The van der Waals surface area contributed by atoms with E-state index in [9.17, 15) is 18.0 Å². The Morgan fingerprint density at radius 2 is 1.59 bits per heavy atom. The van der Waals surface area contributed by atoms with Gasteiger partial charge in [-0.05, 0) is 42.7 Å².